The highest BCUT2D eigenvalue weighted by atomic mass is 14.8. The summed E-state index contributed by atoms with van der Waals surface area (Å²) in [6.07, 6.45) is 4.55. The van der Waals surface area contributed by atoms with Gasteiger partial charge >= 0.3 is 0 Å². The molecule has 0 aromatic rings. The zero-order valence-corrected chi connectivity index (χ0v) is 7.02. The highest BCUT2D eigenvalue weighted by Gasteiger charge is 2.07. The molecule has 1 aliphatic heterocycles. The first-order valence-electron chi connectivity index (χ1n) is 3.94. The molecule has 0 spiro atoms. The van der Waals surface area contributed by atoms with Crippen LogP contribution in [0.25, 0.3) is 0 Å². The molecule has 0 atom stereocenters. The van der Waals surface area contributed by atoms with Crippen LogP contribution in [0.15, 0.2) is 16.8 Å². The van der Waals surface area contributed by atoms with E-state index in [1.165, 1.54) is 17.8 Å². The Morgan fingerprint density at radius 1 is 1.50 bits per heavy atom. The van der Waals surface area contributed by atoms with Crippen molar-refractivity contribution in [1.29, 1.82) is 0 Å². The molecule has 1 heterocycles. The maximum absolute atomic E-state index is 4.46. The lowest BCUT2D eigenvalue weighted by molar-refractivity contribution is 0.826. The van der Waals surface area contributed by atoms with Crippen LogP contribution in [0, 0.1) is 5.92 Å². The van der Waals surface area contributed by atoms with Crippen molar-refractivity contribution in [3.63, 3.8) is 0 Å². The third-order valence-electron chi connectivity index (χ3n) is 1.83. The van der Waals surface area contributed by atoms with Crippen LogP contribution in [0.1, 0.15) is 33.6 Å². The highest BCUT2D eigenvalue weighted by molar-refractivity contribution is 5.87. The van der Waals surface area contributed by atoms with Crippen LogP contribution in [0.3, 0.4) is 0 Å². The van der Waals surface area contributed by atoms with Crippen molar-refractivity contribution in [3.05, 3.63) is 11.8 Å². The van der Waals surface area contributed by atoms with Gasteiger partial charge in [0.2, 0.25) is 0 Å². The standard InChI is InChI=1S/C9H15N/c1-7(2)9-6-4-5-8(3)10-9/h5,7H,4,6H2,1-3H3. The van der Waals surface area contributed by atoms with Gasteiger partial charge in [-0.25, -0.2) is 0 Å². The minimum absolute atomic E-state index is 0.628. The van der Waals surface area contributed by atoms with Crippen molar-refractivity contribution in [2.45, 2.75) is 33.6 Å². The molecule has 0 amide bonds. The first kappa shape index (κ1) is 7.52. The molecule has 1 nitrogen and oxygen atoms in total. The number of hydrogen-bond donors (Lipinski definition) is 0. The van der Waals surface area contributed by atoms with Gasteiger partial charge in [-0.3, -0.25) is 4.99 Å². The molecule has 0 saturated carbocycles. The van der Waals surface area contributed by atoms with E-state index in [1.54, 1.807) is 0 Å². The van der Waals surface area contributed by atoms with Crippen LogP contribution in [0.4, 0.5) is 0 Å². The van der Waals surface area contributed by atoms with E-state index in [0.29, 0.717) is 5.92 Å². The quantitative estimate of drug-likeness (QED) is 0.527. The second-order valence-electron chi connectivity index (χ2n) is 3.14. The van der Waals surface area contributed by atoms with E-state index in [-0.39, 0.29) is 0 Å². The summed E-state index contributed by atoms with van der Waals surface area (Å²) in [5, 5.41) is 0. The van der Waals surface area contributed by atoms with E-state index in [1.807, 2.05) is 0 Å². The fourth-order valence-electron chi connectivity index (χ4n) is 1.17. The molecule has 0 saturated heterocycles. The van der Waals surface area contributed by atoms with Gasteiger partial charge in [0, 0.05) is 11.4 Å². The lowest BCUT2D eigenvalue weighted by Crippen LogP contribution is -2.09. The summed E-state index contributed by atoms with van der Waals surface area (Å²) in [7, 11) is 0. The molecular weight excluding hydrogens is 122 g/mol. The van der Waals surface area contributed by atoms with Gasteiger partial charge in [0.15, 0.2) is 0 Å². The molecule has 0 aliphatic carbocycles. The van der Waals surface area contributed by atoms with Gasteiger partial charge in [0.25, 0.3) is 0 Å². The minimum atomic E-state index is 0.628. The number of allylic oxidation sites excluding steroid dienone is 2. The molecule has 10 heavy (non-hydrogen) atoms. The molecule has 1 heteroatoms. The number of aliphatic imine (C=N–C) groups is 1. The van der Waals surface area contributed by atoms with E-state index in [0.717, 1.165) is 6.42 Å². The van der Waals surface area contributed by atoms with Gasteiger partial charge in [-0.1, -0.05) is 19.9 Å². The van der Waals surface area contributed by atoms with Crippen LogP contribution in [0.5, 0.6) is 0 Å². The van der Waals surface area contributed by atoms with E-state index >= 15 is 0 Å². The van der Waals surface area contributed by atoms with Crippen molar-refractivity contribution in [2.24, 2.45) is 10.9 Å². The van der Waals surface area contributed by atoms with Gasteiger partial charge in [0.05, 0.1) is 0 Å². The Hall–Kier alpha value is -0.590. The molecule has 0 radical (unpaired) electrons. The average Bonchev–Trinajstić information content (AvgIpc) is 1.88. The van der Waals surface area contributed by atoms with Crippen molar-refractivity contribution in [3.8, 4) is 0 Å². The Balaban J connectivity index is 2.69. The fourth-order valence-corrected chi connectivity index (χ4v) is 1.17. The molecule has 0 aromatic carbocycles. The van der Waals surface area contributed by atoms with Gasteiger partial charge in [-0.05, 0) is 25.7 Å². The van der Waals surface area contributed by atoms with Crippen LogP contribution in [0.2, 0.25) is 0 Å². The summed E-state index contributed by atoms with van der Waals surface area (Å²) < 4.78 is 0. The Bertz CT molecular complexity index is 175. The average molecular weight is 137 g/mol. The summed E-state index contributed by atoms with van der Waals surface area (Å²) in [6.45, 7) is 6.48. The molecule has 56 valence electrons. The molecule has 0 unspecified atom stereocenters. The predicted molar refractivity (Wildman–Crippen MR) is 45.3 cm³/mol. The lowest BCUT2D eigenvalue weighted by atomic mass is 10.0. The minimum Gasteiger partial charge on any atom is -0.263 e. The third kappa shape index (κ3) is 1.69. The normalized spacial score (nSPS) is 18.8. The summed E-state index contributed by atoms with van der Waals surface area (Å²) in [4.78, 5) is 4.46. The van der Waals surface area contributed by atoms with Crippen molar-refractivity contribution in [1.82, 2.24) is 0 Å². The number of rotatable bonds is 1. The second kappa shape index (κ2) is 3.00. The summed E-state index contributed by atoms with van der Waals surface area (Å²) >= 11 is 0. The maximum Gasteiger partial charge on any atom is 0.0332 e. The Morgan fingerprint density at radius 3 is 2.60 bits per heavy atom. The van der Waals surface area contributed by atoms with Gasteiger partial charge in [-0.2, -0.15) is 0 Å². The van der Waals surface area contributed by atoms with Crippen LogP contribution in [-0.2, 0) is 0 Å². The fraction of sp³-hybridized carbons (Fsp3) is 0.667. The topological polar surface area (TPSA) is 12.4 Å². The zero-order valence-electron chi connectivity index (χ0n) is 7.02. The predicted octanol–water partition coefficient (Wildman–Crippen LogP) is 2.78. The Labute approximate surface area is 62.9 Å². The number of nitrogens with zero attached hydrogens (tertiary/aromatic N) is 1. The Kier molecular flexibility index (Phi) is 2.25. The van der Waals surface area contributed by atoms with Crippen molar-refractivity contribution >= 4 is 5.71 Å². The van der Waals surface area contributed by atoms with Crippen molar-refractivity contribution in [2.75, 3.05) is 0 Å². The van der Waals surface area contributed by atoms with Gasteiger partial charge in [-0.15, -0.1) is 0 Å². The van der Waals surface area contributed by atoms with Crippen LogP contribution < -0.4 is 0 Å². The molecule has 1 aliphatic rings. The van der Waals surface area contributed by atoms with E-state index in [2.05, 4.69) is 31.8 Å². The smallest absolute Gasteiger partial charge is 0.0332 e. The highest BCUT2D eigenvalue weighted by Crippen LogP contribution is 2.14. The maximum atomic E-state index is 4.46. The SMILES string of the molecule is CC1=CCCC(C(C)C)=N1. The third-order valence-corrected chi connectivity index (χ3v) is 1.83. The first-order valence-corrected chi connectivity index (χ1v) is 3.94. The van der Waals surface area contributed by atoms with E-state index in [4.69, 9.17) is 0 Å². The van der Waals surface area contributed by atoms with Crippen LogP contribution >= 0.6 is 0 Å². The number of hydrogen-bond acceptors (Lipinski definition) is 1. The van der Waals surface area contributed by atoms with Gasteiger partial charge < -0.3 is 0 Å². The molecule has 0 bridgehead atoms. The lowest BCUT2D eigenvalue weighted by Gasteiger charge is -2.12. The van der Waals surface area contributed by atoms with Crippen molar-refractivity contribution < 1.29 is 0 Å². The summed E-state index contributed by atoms with van der Waals surface area (Å²) in [5.74, 6) is 0.628. The largest absolute Gasteiger partial charge is 0.263 e. The monoisotopic (exact) mass is 137 g/mol. The van der Waals surface area contributed by atoms with Gasteiger partial charge in [0.1, 0.15) is 0 Å². The molecule has 0 aromatic heterocycles. The van der Waals surface area contributed by atoms with E-state index < -0.39 is 0 Å². The Morgan fingerprint density at radius 2 is 2.20 bits per heavy atom. The van der Waals surface area contributed by atoms with Crippen LogP contribution in [-0.4, -0.2) is 5.71 Å². The molecular formula is C9H15N. The zero-order chi connectivity index (χ0) is 7.56. The first-order chi connectivity index (χ1) is 4.70. The second-order valence-corrected chi connectivity index (χ2v) is 3.14. The summed E-state index contributed by atoms with van der Waals surface area (Å²) in [5.41, 5.74) is 2.55. The molecule has 0 N–H and O–H groups in total. The van der Waals surface area contributed by atoms with E-state index in [9.17, 15) is 0 Å². The molecule has 1 rings (SSSR count). The summed E-state index contributed by atoms with van der Waals surface area (Å²) in [6, 6.07) is 0. The molecule has 0 fully saturated rings.